The van der Waals surface area contributed by atoms with Gasteiger partial charge in [0.15, 0.2) is 0 Å². The Bertz CT molecular complexity index is 941. The van der Waals surface area contributed by atoms with Crippen molar-refractivity contribution in [1.82, 2.24) is 0 Å². The normalized spacial score (nSPS) is 11.6. The number of nitrogens with one attached hydrogen (secondary N) is 2. The molecule has 1 amide bonds. The van der Waals surface area contributed by atoms with Crippen LogP contribution in [0.1, 0.15) is 15.9 Å². The van der Waals surface area contributed by atoms with Crippen LogP contribution in [-0.4, -0.2) is 10.1 Å². The van der Waals surface area contributed by atoms with Crippen molar-refractivity contribution < 1.29 is 9.00 Å². The summed E-state index contributed by atoms with van der Waals surface area (Å²) in [6.45, 7) is 1.97. The molecule has 4 nitrogen and oxygen atoms in total. The second-order valence-corrected chi connectivity index (χ2v) is 7.34. The predicted molar refractivity (Wildman–Crippen MR) is 107 cm³/mol. The summed E-state index contributed by atoms with van der Waals surface area (Å²) < 4.78 is 15.5. The Labute approximate surface area is 159 Å². The van der Waals surface area contributed by atoms with Crippen LogP contribution in [0.2, 0.25) is 5.02 Å². The number of amides is 1. The van der Waals surface area contributed by atoms with E-state index < -0.39 is 11.0 Å². The van der Waals surface area contributed by atoms with Gasteiger partial charge in [0.25, 0.3) is 5.91 Å². The largest absolute Gasteiger partial charge is 0.322 e. The zero-order valence-corrected chi connectivity index (χ0v) is 15.6. The van der Waals surface area contributed by atoms with Crippen molar-refractivity contribution >= 4 is 39.9 Å². The summed E-state index contributed by atoms with van der Waals surface area (Å²) in [6, 6.07) is 21.2. The molecule has 0 bridgehead atoms. The quantitative estimate of drug-likeness (QED) is 0.647. The first-order valence-electron chi connectivity index (χ1n) is 7.94. The second-order valence-electron chi connectivity index (χ2n) is 5.69. The topological polar surface area (TPSA) is 58.2 Å². The smallest absolute Gasteiger partial charge is 0.257 e. The molecule has 0 saturated carbocycles. The molecule has 0 aromatic heterocycles. The van der Waals surface area contributed by atoms with Crippen LogP contribution in [0, 0.1) is 6.92 Å². The van der Waals surface area contributed by atoms with Crippen molar-refractivity contribution in [3.63, 3.8) is 0 Å². The second kappa shape index (κ2) is 8.17. The number of para-hydroxylation sites is 1. The number of carbonyl (C=O) groups excluding carboxylic acids is 1. The summed E-state index contributed by atoms with van der Waals surface area (Å²) in [5.74, 6) is -0.295. The Balaban J connectivity index is 1.79. The Hall–Kier alpha value is -2.63. The zero-order valence-electron chi connectivity index (χ0n) is 14.0. The van der Waals surface area contributed by atoms with Crippen molar-refractivity contribution in [2.45, 2.75) is 11.8 Å². The Morgan fingerprint density at radius 3 is 2.27 bits per heavy atom. The van der Waals surface area contributed by atoms with Crippen LogP contribution in [-0.2, 0) is 11.0 Å². The lowest BCUT2D eigenvalue weighted by Crippen LogP contribution is -2.15. The van der Waals surface area contributed by atoms with Crippen LogP contribution in [0.25, 0.3) is 0 Å². The number of hydrogen-bond donors (Lipinski definition) is 2. The van der Waals surface area contributed by atoms with Gasteiger partial charge >= 0.3 is 0 Å². The van der Waals surface area contributed by atoms with Gasteiger partial charge in [-0.15, -0.1) is 0 Å². The fraction of sp³-hybridized carbons (Fsp3) is 0.0500. The van der Waals surface area contributed by atoms with E-state index in [-0.39, 0.29) is 5.91 Å². The van der Waals surface area contributed by atoms with Crippen molar-refractivity contribution in [2.75, 3.05) is 10.0 Å². The monoisotopic (exact) mass is 384 g/mol. The Kier molecular flexibility index (Phi) is 5.71. The van der Waals surface area contributed by atoms with Crippen LogP contribution in [0.4, 0.5) is 11.4 Å². The van der Waals surface area contributed by atoms with Gasteiger partial charge in [-0.3, -0.25) is 4.79 Å². The molecule has 132 valence electrons. The van der Waals surface area contributed by atoms with E-state index >= 15 is 0 Å². The Morgan fingerprint density at radius 2 is 1.58 bits per heavy atom. The first-order valence-corrected chi connectivity index (χ1v) is 9.47. The van der Waals surface area contributed by atoms with Gasteiger partial charge in [-0.2, -0.15) is 0 Å². The lowest BCUT2D eigenvalue weighted by Gasteiger charge is -2.12. The third-order valence-corrected chi connectivity index (χ3v) is 5.07. The SMILES string of the molecule is Cc1ccc(S(=O)Nc2ccccc2C(=O)Nc2ccc(Cl)cc2)cc1. The van der Waals surface area contributed by atoms with Crippen LogP contribution in [0.5, 0.6) is 0 Å². The molecule has 0 radical (unpaired) electrons. The summed E-state index contributed by atoms with van der Waals surface area (Å²) in [6.07, 6.45) is 0. The summed E-state index contributed by atoms with van der Waals surface area (Å²) in [4.78, 5) is 13.2. The molecule has 1 atom stereocenters. The first-order chi connectivity index (χ1) is 12.5. The van der Waals surface area contributed by atoms with Gasteiger partial charge < -0.3 is 10.0 Å². The highest BCUT2D eigenvalue weighted by Crippen LogP contribution is 2.21. The van der Waals surface area contributed by atoms with E-state index in [9.17, 15) is 9.00 Å². The number of carbonyl (C=O) groups is 1. The number of benzene rings is 3. The average Bonchev–Trinajstić information content (AvgIpc) is 2.64. The van der Waals surface area contributed by atoms with Crippen LogP contribution in [0.3, 0.4) is 0 Å². The fourth-order valence-corrected chi connectivity index (χ4v) is 3.33. The number of aryl methyl sites for hydroxylation is 1. The molecule has 3 rings (SSSR count). The van der Waals surface area contributed by atoms with Gasteiger partial charge in [-0.1, -0.05) is 41.4 Å². The fourth-order valence-electron chi connectivity index (χ4n) is 2.32. The maximum Gasteiger partial charge on any atom is 0.257 e. The zero-order chi connectivity index (χ0) is 18.5. The minimum absolute atomic E-state index is 0.295. The van der Waals surface area contributed by atoms with Gasteiger partial charge in [0.05, 0.1) is 16.1 Å². The first kappa shape index (κ1) is 18.2. The van der Waals surface area contributed by atoms with Gasteiger partial charge in [-0.05, 0) is 55.5 Å². The molecule has 6 heteroatoms. The summed E-state index contributed by atoms with van der Waals surface area (Å²) >= 11 is 5.86. The summed E-state index contributed by atoms with van der Waals surface area (Å²) in [7, 11) is -1.47. The maximum atomic E-state index is 12.6. The van der Waals surface area contributed by atoms with E-state index in [1.807, 2.05) is 19.1 Å². The molecule has 0 spiro atoms. The van der Waals surface area contributed by atoms with E-state index in [0.717, 1.165) is 5.56 Å². The van der Waals surface area contributed by atoms with E-state index in [0.29, 0.717) is 26.9 Å². The standard InChI is InChI=1S/C20H17ClN2O2S/c1-14-6-12-17(13-7-14)26(25)23-19-5-3-2-4-18(19)20(24)22-16-10-8-15(21)9-11-16/h2-13,23H,1H3,(H,22,24). The van der Waals surface area contributed by atoms with Crippen LogP contribution in [0.15, 0.2) is 77.7 Å². The van der Waals surface area contributed by atoms with E-state index in [1.165, 1.54) is 0 Å². The van der Waals surface area contributed by atoms with E-state index in [2.05, 4.69) is 10.0 Å². The number of hydrogen-bond acceptors (Lipinski definition) is 2. The van der Waals surface area contributed by atoms with Crippen molar-refractivity contribution in [1.29, 1.82) is 0 Å². The molecule has 26 heavy (non-hydrogen) atoms. The number of halogens is 1. The number of anilines is 2. The molecule has 0 aliphatic heterocycles. The molecule has 0 aliphatic carbocycles. The summed E-state index contributed by atoms with van der Waals surface area (Å²) in [5, 5.41) is 3.41. The van der Waals surface area contributed by atoms with Crippen molar-refractivity contribution in [3.8, 4) is 0 Å². The molecule has 3 aromatic carbocycles. The van der Waals surface area contributed by atoms with Gasteiger partial charge in [0.2, 0.25) is 0 Å². The lowest BCUT2D eigenvalue weighted by atomic mass is 10.1. The van der Waals surface area contributed by atoms with Crippen molar-refractivity contribution in [2.24, 2.45) is 0 Å². The highest BCUT2D eigenvalue weighted by Gasteiger charge is 2.13. The minimum Gasteiger partial charge on any atom is -0.322 e. The highest BCUT2D eigenvalue weighted by molar-refractivity contribution is 7.86. The van der Waals surface area contributed by atoms with Gasteiger partial charge in [0.1, 0.15) is 11.0 Å². The summed E-state index contributed by atoms with van der Waals surface area (Å²) in [5.41, 5.74) is 2.63. The maximum absolute atomic E-state index is 12.6. The molecule has 0 saturated heterocycles. The molecule has 0 aliphatic rings. The van der Waals surface area contributed by atoms with E-state index in [4.69, 9.17) is 11.6 Å². The molecule has 1 unspecified atom stereocenters. The van der Waals surface area contributed by atoms with Crippen molar-refractivity contribution in [3.05, 3.63) is 88.9 Å². The number of rotatable bonds is 5. The van der Waals surface area contributed by atoms with Gasteiger partial charge in [-0.25, -0.2) is 4.21 Å². The lowest BCUT2D eigenvalue weighted by molar-refractivity contribution is 0.102. The van der Waals surface area contributed by atoms with Crippen LogP contribution >= 0.6 is 11.6 Å². The molecular formula is C20H17ClN2O2S. The third kappa shape index (κ3) is 4.50. The molecule has 3 aromatic rings. The average molecular weight is 385 g/mol. The predicted octanol–water partition coefficient (Wildman–Crippen LogP) is 5.04. The van der Waals surface area contributed by atoms with Crippen LogP contribution < -0.4 is 10.0 Å². The van der Waals surface area contributed by atoms with E-state index in [1.54, 1.807) is 60.7 Å². The highest BCUT2D eigenvalue weighted by atomic mass is 35.5. The molecule has 0 heterocycles. The third-order valence-electron chi connectivity index (χ3n) is 3.71. The molecule has 0 fully saturated rings. The molecule has 2 N–H and O–H groups in total. The minimum atomic E-state index is -1.47. The van der Waals surface area contributed by atoms with Gasteiger partial charge in [0, 0.05) is 10.7 Å². The molecular weight excluding hydrogens is 368 g/mol. The Morgan fingerprint density at radius 1 is 0.923 bits per heavy atom.